The molecule has 2 nitrogen and oxygen atoms in total. The van der Waals surface area contributed by atoms with Crippen LogP contribution in [0.25, 0.3) is 0 Å². The summed E-state index contributed by atoms with van der Waals surface area (Å²) in [6.45, 7) is 2.07. The van der Waals surface area contributed by atoms with E-state index in [4.69, 9.17) is 0 Å². The number of carbonyl (C=O) groups excluding carboxylic acids is 1. The molecule has 3 heteroatoms. The zero-order valence-corrected chi connectivity index (χ0v) is 13.2. The molecular formula is C18H21NOS. The Labute approximate surface area is 130 Å². The Hall–Kier alpha value is -1.61. The van der Waals surface area contributed by atoms with Crippen molar-refractivity contribution in [3.63, 3.8) is 0 Å². The number of nitrogens with one attached hydrogen (secondary N) is 1. The van der Waals surface area contributed by atoms with Gasteiger partial charge < -0.3 is 5.32 Å². The third-order valence-corrected chi connectivity index (χ3v) is 5.04. The maximum absolute atomic E-state index is 12.1. The van der Waals surface area contributed by atoms with E-state index < -0.39 is 0 Å². The van der Waals surface area contributed by atoms with Crippen molar-refractivity contribution in [3.05, 3.63) is 57.3 Å². The highest BCUT2D eigenvalue weighted by atomic mass is 32.1. The molecule has 0 radical (unpaired) electrons. The quantitative estimate of drug-likeness (QED) is 0.906. The van der Waals surface area contributed by atoms with Gasteiger partial charge in [-0.05, 0) is 60.7 Å². The molecule has 1 amide bonds. The van der Waals surface area contributed by atoms with Gasteiger partial charge in [-0.2, -0.15) is 0 Å². The number of hydrogen-bond acceptors (Lipinski definition) is 2. The van der Waals surface area contributed by atoms with Gasteiger partial charge in [-0.3, -0.25) is 4.79 Å². The number of amides is 1. The van der Waals surface area contributed by atoms with Gasteiger partial charge in [0.25, 0.3) is 0 Å². The van der Waals surface area contributed by atoms with Crippen molar-refractivity contribution < 1.29 is 4.79 Å². The molecule has 1 aromatic carbocycles. The molecule has 2 aromatic rings. The number of hydrogen-bond donors (Lipinski definition) is 1. The van der Waals surface area contributed by atoms with Crippen molar-refractivity contribution in [1.82, 2.24) is 5.32 Å². The molecule has 1 N–H and O–H groups in total. The summed E-state index contributed by atoms with van der Waals surface area (Å²) in [7, 11) is 0. The van der Waals surface area contributed by atoms with Gasteiger partial charge in [0, 0.05) is 4.88 Å². The van der Waals surface area contributed by atoms with Crippen molar-refractivity contribution in [2.24, 2.45) is 0 Å². The van der Waals surface area contributed by atoms with Crippen LogP contribution in [-0.2, 0) is 24.1 Å². The molecule has 0 aliphatic heterocycles. The summed E-state index contributed by atoms with van der Waals surface area (Å²) in [5, 5.41) is 5.12. The second kappa shape index (κ2) is 6.44. The molecule has 0 spiro atoms. The van der Waals surface area contributed by atoms with Crippen LogP contribution in [0.2, 0.25) is 0 Å². The number of rotatable bonds is 4. The van der Waals surface area contributed by atoms with E-state index in [1.165, 1.54) is 42.4 Å². The van der Waals surface area contributed by atoms with E-state index in [-0.39, 0.29) is 11.9 Å². The maximum atomic E-state index is 12.1. The van der Waals surface area contributed by atoms with Gasteiger partial charge in [-0.15, -0.1) is 11.3 Å². The summed E-state index contributed by atoms with van der Waals surface area (Å²) in [6, 6.07) is 10.8. The molecular weight excluding hydrogens is 278 g/mol. The molecule has 1 aliphatic carbocycles. The first-order valence-electron chi connectivity index (χ1n) is 7.66. The monoisotopic (exact) mass is 299 g/mol. The van der Waals surface area contributed by atoms with Crippen LogP contribution in [0.1, 0.15) is 47.4 Å². The predicted octanol–water partition coefficient (Wildman–Crippen LogP) is 4.05. The second-order valence-electron chi connectivity index (χ2n) is 5.78. The zero-order chi connectivity index (χ0) is 14.7. The summed E-state index contributed by atoms with van der Waals surface area (Å²) in [6.07, 6.45) is 5.45. The van der Waals surface area contributed by atoms with E-state index in [1.54, 1.807) is 11.3 Å². The Kier molecular flexibility index (Phi) is 4.39. The molecule has 21 heavy (non-hydrogen) atoms. The number of thiophene rings is 1. The van der Waals surface area contributed by atoms with Crippen molar-refractivity contribution in [2.45, 2.75) is 45.1 Å². The Morgan fingerprint density at radius 2 is 2.05 bits per heavy atom. The van der Waals surface area contributed by atoms with Gasteiger partial charge in [-0.25, -0.2) is 0 Å². The second-order valence-corrected chi connectivity index (χ2v) is 6.81. The van der Waals surface area contributed by atoms with Crippen LogP contribution in [-0.4, -0.2) is 5.91 Å². The molecule has 0 unspecified atom stereocenters. The molecule has 3 rings (SSSR count). The van der Waals surface area contributed by atoms with E-state index in [9.17, 15) is 4.79 Å². The number of aryl methyl sites for hydroxylation is 2. The topological polar surface area (TPSA) is 29.1 Å². The van der Waals surface area contributed by atoms with Gasteiger partial charge >= 0.3 is 0 Å². The standard InChI is InChI=1S/C18H21NOS/c1-13(19-18(20)12-17-7-4-10-21-17)15-9-8-14-5-2-3-6-16(14)11-15/h4,7-11,13H,2-3,5-6,12H2,1H3,(H,19,20)/t13-/m0/s1. The fraction of sp³-hybridized carbons (Fsp3) is 0.389. The predicted molar refractivity (Wildman–Crippen MR) is 87.7 cm³/mol. The minimum absolute atomic E-state index is 0.0738. The van der Waals surface area contributed by atoms with E-state index >= 15 is 0 Å². The number of carbonyl (C=O) groups is 1. The average molecular weight is 299 g/mol. The highest BCUT2D eigenvalue weighted by molar-refractivity contribution is 7.10. The van der Waals surface area contributed by atoms with E-state index in [0.717, 1.165) is 4.88 Å². The average Bonchev–Trinajstić information content (AvgIpc) is 2.99. The fourth-order valence-corrected chi connectivity index (χ4v) is 3.67. The summed E-state index contributed by atoms with van der Waals surface area (Å²) < 4.78 is 0. The largest absolute Gasteiger partial charge is 0.349 e. The highest BCUT2D eigenvalue weighted by Crippen LogP contribution is 2.24. The summed E-state index contributed by atoms with van der Waals surface area (Å²) in [5.41, 5.74) is 4.18. The summed E-state index contributed by atoms with van der Waals surface area (Å²) >= 11 is 1.63. The zero-order valence-electron chi connectivity index (χ0n) is 12.4. The SMILES string of the molecule is C[C@H](NC(=O)Cc1cccs1)c1ccc2c(c1)CCCC2. The first kappa shape index (κ1) is 14.3. The van der Waals surface area contributed by atoms with Crippen LogP contribution in [0.4, 0.5) is 0 Å². The Morgan fingerprint density at radius 3 is 2.81 bits per heavy atom. The minimum atomic E-state index is 0.0738. The van der Waals surface area contributed by atoms with Crippen LogP contribution in [0, 0.1) is 0 Å². The van der Waals surface area contributed by atoms with E-state index in [2.05, 4.69) is 30.4 Å². The van der Waals surface area contributed by atoms with Crippen molar-refractivity contribution in [3.8, 4) is 0 Å². The van der Waals surface area contributed by atoms with Crippen LogP contribution in [0.5, 0.6) is 0 Å². The fourth-order valence-electron chi connectivity index (χ4n) is 2.97. The Balaban J connectivity index is 1.64. The minimum Gasteiger partial charge on any atom is -0.349 e. The number of benzene rings is 1. The van der Waals surface area contributed by atoms with Gasteiger partial charge in [0.15, 0.2) is 0 Å². The van der Waals surface area contributed by atoms with Crippen molar-refractivity contribution in [1.29, 1.82) is 0 Å². The molecule has 1 heterocycles. The highest BCUT2D eigenvalue weighted by Gasteiger charge is 2.14. The van der Waals surface area contributed by atoms with E-state index in [1.807, 2.05) is 17.5 Å². The lowest BCUT2D eigenvalue weighted by Gasteiger charge is -2.20. The summed E-state index contributed by atoms with van der Waals surface area (Å²) in [4.78, 5) is 13.2. The third kappa shape index (κ3) is 3.53. The molecule has 0 saturated carbocycles. The van der Waals surface area contributed by atoms with Crippen LogP contribution in [0.3, 0.4) is 0 Å². The third-order valence-electron chi connectivity index (χ3n) is 4.16. The molecule has 0 saturated heterocycles. The van der Waals surface area contributed by atoms with Crippen molar-refractivity contribution >= 4 is 17.2 Å². The summed E-state index contributed by atoms with van der Waals surface area (Å²) in [5.74, 6) is 0.0997. The molecule has 1 atom stereocenters. The lowest BCUT2D eigenvalue weighted by Crippen LogP contribution is -2.28. The first-order valence-corrected chi connectivity index (χ1v) is 8.54. The smallest absolute Gasteiger partial charge is 0.225 e. The molecule has 0 fully saturated rings. The van der Waals surface area contributed by atoms with Gasteiger partial charge in [-0.1, -0.05) is 24.3 Å². The van der Waals surface area contributed by atoms with Crippen LogP contribution < -0.4 is 5.32 Å². The maximum Gasteiger partial charge on any atom is 0.225 e. The Morgan fingerprint density at radius 1 is 1.24 bits per heavy atom. The Bertz CT molecular complexity index is 618. The lowest BCUT2D eigenvalue weighted by molar-refractivity contribution is -0.121. The van der Waals surface area contributed by atoms with Gasteiger partial charge in [0.2, 0.25) is 5.91 Å². The normalized spacial score (nSPS) is 15.3. The van der Waals surface area contributed by atoms with Gasteiger partial charge in [0.1, 0.15) is 0 Å². The number of fused-ring (bicyclic) bond motifs is 1. The van der Waals surface area contributed by atoms with E-state index in [0.29, 0.717) is 6.42 Å². The van der Waals surface area contributed by atoms with Crippen molar-refractivity contribution in [2.75, 3.05) is 0 Å². The lowest BCUT2D eigenvalue weighted by atomic mass is 9.89. The van der Waals surface area contributed by atoms with Crippen LogP contribution in [0.15, 0.2) is 35.7 Å². The molecule has 1 aliphatic rings. The van der Waals surface area contributed by atoms with Crippen LogP contribution >= 0.6 is 11.3 Å². The first-order chi connectivity index (χ1) is 10.2. The molecule has 1 aromatic heterocycles. The molecule has 110 valence electrons. The molecule has 0 bridgehead atoms. The van der Waals surface area contributed by atoms with Gasteiger partial charge in [0.05, 0.1) is 12.5 Å².